The van der Waals surface area contributed by atoms with E-state index in [0.29, 0.717) is 11.5 Å². The lowest BCUT2D eigenvalue weighted by molar-refractivity contribution is -0.0498. The Morgan fingerprint density at radius 3 is 2.52 bits per heavy atom. The van der Waals surface area contributed by atoms with Gasteiger partial charge in [-0.15, -0.1) is 10.2 Å². The first-order chi connectivity index (χ1) is 12.1. The van der Waals surface area contributed by atoms with E-state index in [1.165, 1.54) is 24.3 Å². The maximum atomic E-state index is 12.1. The maximum absolute atomic E-state index is 12.1. The Bertz CT molecular complexity index is 841. The van der Waals surface area contributed by atoms with Gasteiger partial charge in [-0.1, -0.05) is 11.8 Å². The molecule has 2 aromatic heterocycles. The van der Waals surface area contributed by atoms with E-state index in [0.717, 1.165) is 17.3 Å². The van der Waals surface area contributed by atoms with Gasteiger partial charge in [0.05, 0.1) is 5.75 Å². The van der Waals surface area contributed by atoms with E-state index in [-0.39, 0.29) is 22.5 Å². The van der Waals surface area contributed by atoms with Crippen molar-refractivity contribution < 1.29 is 22.7 Å². The van der Waals surface area contributed by atoms with Crippen molar-refractivity contribution in [2.75, 3.05) is 5.75 Å². The third-order valence-electron chi connectivity index (χ3n) is 3.06. The van der Waals surface area contributed by atoms with Gasteiger partial charge in [-0.3, -0.25) is 9.78 Å². The number of rotatable bonds is 7. The summed E-state index contributed by atoms with van der Waals surface area (Å²) in [6.07, 6.45) is 3.22. The molecule has 0 bridgehead atoms. The molecule has 0 atom stereocenters. The monoisotopic (exact) mass is 363 g/mol. The van der Waals surface area contributed by atoms with E-state index in [1.807, 2.05) is 0 Å². The Labute approximate surface area is 145 Å². The van der Waals surface area contributed by atoms with Crippen LogP contribution in [-0.4, -0.2) is 33.3 Å². The first kappa shape index (κ1) is 17.0. The Morgan fingerprint density at radius 1 is 1.12 bits per heavy atom. The number of halogens is 2. The van der Waals surface area contributed by atoms with Gasteiger partial charge < -0.3 is 9.15 Å². The van der Waals surface area contributed by atoms with Gasteiger partial charge in [0.25, 0.3) is 5.22 Å². The predicted molar refractivity (Wildman–Crippen MR) is 85.7 cm³/mol. The number of hydrogen-bond donors (Lipinski definition) is 0. The average molecular weight is 363 g/mol. The first-order valence-corrected chi connectivity index (χ1v) is 8.05. The molecule has 9 heteroatoms. The van der Waals surface area contributed by atoms with Crippen molar-refractivity contribution in [3.8, 4) is 17.2 Å². The molecule has 6 nitrogen and oxygen atoms in total. The van der Waals surface area contributed by atoms with Gasteiger partial charge in [-0.05, 0) is 36.4 Å². The number of carbonyl (C=O) groups is 1. The molecular weight excluding hydrogens is 352 g/mol. The van der Waals surface area contributed by atoms with Crippen LogP contribution in [-0.2, 0) is 0 Å². The van der Waals surface area contributed by atoms with Crippen LogP contribution in [0.1, 0.15) is 10.4 Å². The summed E-state index contributed by atoms with van der Waals surface area (Å²) < 4.78 is 33.9. The fourth-order valence-electron chi connectivity index (χ4n) is 1.91. The van der Waals surface area contributed by atoms with Crippen LogP contribution in [0, 0.1) is 0 Å². The van der Waals surface area contributed by atoms with E-state index in [2.05, 4.69) is 19.9 Å². The molecule has 2 heterocycles. The summed E-state index contributed by atoms with van der Waals surface area (Å²) in [4.78, 5) is 16.0. The number of carbonyl (C=O) groups excluding carboxylic acids is 1. The minimum absolute atomic E-state index is 0.00176. The summed E-state index contributed by atoms with van der Waals surface area (Å²) >= 11 is 1.10. The summed E-state index contributed by atoms with van der Waals surface area (Å²) in [7, 11) is 0. The Hall–Kier alpha value is -2.81. The van der Waals surface area contributed by atoms with Crippen molar-refractivity contribution in [2.24, 2.45) is 0 Å². The molecule has 0 N–H and O–H groups in total. The van der Waals surface area contributed by atoms with Gasteiger partial charge in [0.2, 0.25) is 5.89 Å². The standard InChI is InChI=1S/C16H11F2N3O3S/c17-15(18)23-12-3-1-10(2-4-12)13(22)9-25-16-21-20-14(24-16)11-5-7-19-8-6-11/h1-8,15H,9H2. The van der Waals surface area contributed by atoms with Crippen LogP contribution in [0.25, 0.3) is 11.5 Å². The van der Waals surface area contributed by atoms with Crippen LogP contribution in [0.2, 0.25) is 0 Å². The number of aromatic nitrogens is 3. The third kappa shape index (κ3) is 4.60. The number of alkyl halides is 2. The van der Waals surface area contributed by atoms with Crippen molar-refractivity contribution >= 4 is 17.5 Å². The molecule has 0 aliphatic rings. The highest BCUT2D eigenvalue weighted by atomic mass is 32.2. The number of ether oxygens (including phenoxy) is 1. The van der Waals surface area contributed by atoms with Gasteiger partial charge in [-0.25, -0.2) is 0 Å². The lowest BCUT2D eigenvalue weighted by Gasteiger charge is -2.04. The molecule has 3 aromatic rings. The topological polar surface area (TPSA) is 78.1 Å². The Kier molecular flexibility index (Phi) is 5.34. The predicted octanol–water partition coefficient (Wildman–Crippen LogP) is 3.71. The molecule has 0 fully saturated rings. The van der Waals surface area contributed by atoms with Gasteiger partial charge >= 0.3 is 6.61 Å². The Balaban J connectivity index is 1.58. The van der Waals surface area contributed by atoms with E-state index >= 15 is 0 Å². The van der Waals surface area contributed by atoms with E-state index in [4.69, 9.17) is 4.42 Å². The van der Waals surface area contributed by atoms with Crippen molar-refractivity contribution in [1.29, 1.82) is 0 Å². The maximum Gasteiger partial charge on any atom is 0.387 e. The highest BCUT2D eigenvalue weighted by molar-refractivity contribution is 7.99. The van der Waals surface area contributed by atoms with Gasteiger partial charge in [-0.2, -0.15) is 8.78 Å². The smallest absolute Gasteiger partial charge is 0.387 e. The second kappa shape index (κ2) is 7.84. The molecule has 0 amide bonds. The second-order valence-electron chi connectivity index (χ2n) is 4.72. The summed E-state index contributed by atoms with van der Waals surface area (Å²) in [5.41, 5.74) is 1.11. The van der Waals surface area contributed by atoms with Crippen molar-refractivity contribution in [2.45, 2.75) is 11.8 Å². The number of thioether (sulfide) groups is 1. The lowest BCUT2D eigenvalue weighted by Crippen LogP contribution is -2.04. The number of hydrogen-bond acceptors (Lipinski definition) is 7. The zero-order valence-electron chi connectivity index (χ0n) is 12.6. The molecule has 1 aromatic carbocycles. The molecule has 0 aliphatic carbocycles. The quantitative estimate of drug-likeness (QED) is 0.468. The van der Waals surface area contributed by atoms with Gasteiger partial charge in [0.1, 0.15) is 5.75 Å². The highest BCUT2D eigenvalue weighted by Crippen LogP contribution is 2.23. The molecule has 0 aliphatic heterocycles. The van der Waals surface area contributed by atoms with Crippen LogP contribution in [0.5, 0.6) is 5.75 Å². The normalized spacial score (nSPS) is 10.8. The Morgan fingerprint density at radius 2 is 1.84 bits per heavy atom. The SMILES string of the molecule is O=C(CSc1nnc(-c2ccncc2)o1)c1ccc(OC(F)F)cc1. The molecule has 0 radical (unpaired) electrons. The van der Waals surface area contributed by atoms with Gasteiger partial charge in [0, 0.05) is 23.5 Å². The number of nitrogens with zero attached hydrogens (tertiary/aromatic N) is 3. The van der Waals surface area contributed by atoms with E-state index in [9.17, 15) is 13.6 Å². The average Bonchev–Trinajstić information content (AvgIpc) is 3.10. The third-order valence-corrected chi connectivity index (χ3v) is 3.88. The molecule has 0 unspecified atom stereocenters. The molecular formula is C16H11F2N3O3S. The van der Waals surface area contributed by atoms with E-state index in [1.54, 1.807) is 24.5 Å². The van der Waals surface area contributed by atoms with Crippen LogP contribution >= 0.6 is 11.8 Å². The zero-order valence-corrected chi connectivity index (χ0v) is 13.5. The zero-order chi connectivity index (χ0) is 17.6. The molecule has 0 saturated heterocycles. The summed E-state index contributed by atoms with van der Waals surface area (Å²) in [6.45, 7) is -2.90. The van der Waals surface area contributed by atoms with Crippen molar-refractivity contribution in [3.05, 3.63) is 54.4 Å². The number of Topliss-reactive ketones (excluding diaryl/α,β-unsaturated/α-hetero) is 1. The number of benzene rings is 1. The second-order valence-corrected chi connectivity index (χ2v) is 5.65. The largest absolute Gasteiger partial charge is 0.435 e. The summed E-state index contributed by atoms with van der Waals surface area (Å²) in [6, 6.07) is 8.95. The molecule has 0 spiro atoms. The van der Waals surface area contributed by atoms with Crippen LogP contribution < -0.4 is 4.74 Å². The lowest BCUT2D eigenvalue weighted by atomic mass is 10.1. The van der Waals surface area contributed by atoms with Crippen molar-refractivity contribution in [1.82, 2.24) is 15.2 Å². The summed E-state index contributed by atoms with van der Waals surface area (Å²) in [5.74, 6) is 0.216. The van der Waals surface area contributed by atoms with Crippen LogP contribution in [0.4, 0.5) is 8.78 Å². The molecule has 25 heavy (non-hydrogen) atoms. The highest BCUT2D eigenvalue weighted by Gasteiger charge is 2.13. The summed E-state index contributed by atoms with van der Waals surface area (Å²) in [5, 5.41) is 8.05. The fraction of sp³-hybridized carbons (Fsp3) is 0.125. The van der Waals surface area contributed by atoms with Crippen molar-refractivity contribution in [3.63, 3.8) is 0 Å². The van der Waals surface area contributed by atoms with Crippen LogP contribution in [0.15, 0.2) is 58.4 Å². The van der Waals surface area contributed by atoms with E-state index < -0.39 is 6.61 Å². The molecule has 3 rings (SSSR count). The number of ketones is 1. The first-order valence-electron chi connectivity index (χ1n) is 7.06. The van der Waals surface area contributed by atoms with Crippen LogP contribution in [0.3, 0.4) is 0 Å². The number of pyridine rings is 1. The minimum atomic E-state index is -2.90. The molecule has 0 saturated carbocycles. The fourth-order valence-corrected chi connectivity index (χ4v) is 2.57. The van der Waals surface area contributed by atoms with Gasteiger partial charge in [0.15, 0.2) is 5.78 Å². The minimum Gasteiger partial charge on any atom is -0.435 e. The molecule has 128 valence electrons.